The fraction of sp³-hybridized carbons (Fsp3) is 0.611. The molecule has 3 rings (SSSR count). The average molecular weight is 362 g/mol. The van der Waals surface area contributed by atoms with E-state index in [0.717, 1.165) is 50.7 Å². The lowest BCUT2D eigenvalue weighted by Crippen LogP contribution is -2.31. The summed E-state index contributed by atoms with van der Waals surface area (Å²) in [6.07, 6.45) is 1.77. The van der Waals surface area contributed by atoms with Crippen LogP contribution in [0.2, 0.25) is 0 Å². The van der Waals surface area contributed by atoms with Gasteiger partial charge in [-0.2, -0.15) is 11.3 Å². The summed E-state index contributed by atoms with van der Waals surface area (Å²) < 4.78 is 2.22. The number of carbonyl (C=O) groups is 1. The van der Waals surface area contributed by atoms with Crippen molar-refractivity contribution in [1.82, 2.24) is 25.0 Å². The Labute approximate surface area is 153 Å². The molecule has 7 heteroatoms. The van der Waals surface area contributed by atoms with Crippen LogP contribution in [0.25, 0.3) is 0 Å². The molecule has 0 saturated heterocycles. The Morgan fingerprint density at radius 1 is 1.32 bits per heavy atom. The molecule has 1 unspecified atom stereocenters. The minimum Gasteiger partial charge on any atom is -0.346 e. The maximum atomic E-state index is 11.6. The third-order valence-corrected chi connectivity index (χ3v) is 5.26. The van der Waals surface area contributed by atoms with Crippen molar-refractivity contribution in [2.45, 2.75) is 52.7 Å². The van der Waals surface area contributed by atoms with E-state index < -0.39 is 0 Å². The molecule has 1 atom stereocenters. The van der Waals surface area contributed by atoms with Gasteiger partial charge < -0.3 is 9.88 Å². The van der Waals surface area contributed by atoms with Crippen molar-refractivity contribution < 1.29 is 4.79 Å². The van der Waals surface area contributed by atoms with Gasteiger partial charge in [-0.3, -0.25) is 9.69 Å². The molecular formula is C18H27N5OS. The topological polar surface area (TPSA) is 63.1 Å². The number of nitrogens with one attached hydrogen (secondary N) is 1. The van der Waals surface area contributed by atoms with Crippen LogP contribution in [0.4, 0.5) is 0 Å². The fourth-order valence-corrected chi connectivity index (χ4v) is 4.05. The van der Waals surface area contributed by atoms with E-state index in [0.29, 0.717) is 5.92 Å². The van der Waals surface area contributed by atoms with Crippen LogP contribution in [-0.2, 0) is 24.3 Å². The van der Waals surface area contributed by atoms with Crippen LogP contribution in [0, 0.1) is 5.92 Å². The summed E-state index contributed by atoms with van der Waals surface area (Å²) in [6, 6.07) is 2.12. The lowest BCUT2D eigenvalue weighted by molar-refractivity contribution is -0.119. The predicted octanol–water partition coefficient (Wildman–Crippen LogP) is 2.62. The standard InChI is InChI=1S/C18H27N5OS/c1-13(2)10-16(19-14(3)24)18-21-20-17-4-6-22(7-8-23(17)18)11-15-5-9-25-12-15/h5,9,12-13,16H,4,6-8,10-11H2,1-3H3,(H,19,24). The molecule has 2 aromatic heterocycles. The zero-order valence-corrected chi connectivity index (χ0v) is 16.1. The van der Waals surface area contributed by atoms with Crippen molar-refractivity contribution in [3.05, 3.63) is 34.0 Å². The SMILES string of the molecule is CC(=O)NC(CC(C)C)c1nnc2n1CCN(Cc1ccsc1)CC2. The summed E-state index contributed by atoms with van der Waals surface area (Å²) in [4.78, 5) is 14.1. The summed E-state index contributed by atoms with van der Waals surface area (Å²) in [6.45, 7) is 9.71. The lowest BCUT2D eigenvalue weighted by atomic mass is 10.0. The smallest absolute Gasteiger partial charge is 0.217 e. The van der Waals surface area contributed by atoms with Crippen molar-refractivity contribution in [1.29, 1.82) is 0 Å². The van der Waals surface area contributed by atoms with Crippen molar-refractivity contribution >= 4 is 17.2 Å². The summed E-state index contributed by atoms with van der Waals surface area (Å²) in [5.41, 5.74) is 1.37. The Morgan fingerprint density at radius 3 is 2.84 bits per heavy atom. The number of hydrogen-bond acceptors (Lipinski definition) is 5. The van der Waals surface area contributed by atoms with Gasteiger partial charge in [-0.1, -0.05) is 13.8 Å². The van der Waals surface area contributed by atoms with Crippen LogP contribution in [0.15, 0.2) is 16.8 Å². The molecule has 25 heavy (non-hydrogen) atoms. The number of rotatable bonds is 6. The minimum atomic E-state index is -0.0674. The first-order valence-corrected chi connectivity index (χ1v) is 9.89. The van der Waals surface area contributed by atoms with Gasteiger partial charge in [-0.25, -0.2) is 0 Å². The number of carbonyl (C=O) groups excluding carboxylic acids is 1. The second kappa shape index (κ2) is 8.10. The first-order valence-electron chi connectivity index (χ1n) is 8.95. The van der Waals surface area contributed by atoms with Gasteiger partial charge in [0, 0.05) is 39.5 Å². The van der Waals surface area contributed by atoms with Gasteiger partial charge in [0.1, 0.15) is 5.82 Å². The van der Waals surface area contributed by atoms with E-state index in [1.807, 2.05) is 0 Å². The lowest BCUT2D eigenvalue weighted by Gasteiger charge is -2.21. The molecule has 0 spiro atoms. The summed E-state index contributed by atoms with van der Waals surface area (Å²) in [5.74, 6) is 2.39. The number of fused-ring (bicyclic) bond motifs is 1. The van der Waals surface area contributed by atoms with Gasteiger partial charge >= 0.3 is 0 Å². The zero-order chi connectivity index (χ0) is 17.8. The molecule has 0 aromatic carbocycles. The Balaban J connectivity index is 1.73. The first-order chi connectivity index (χ1) is 12.0. The highest BCUT2D eigenvalue weighted by Crippen LogP contribution is 2.22. The minimum absolute atomic E-state index is 0.0179. The van der Waals surface area contributed by atoms with Crippen molar-refractivity contribution in [2.75, 3.05) is 13.1 Å². The van der Waals surface area contributed by atoms with E-state index in [1.165, 1.54) is 5.56 Å². The Hall–Kier alpha value is -1.73. The van der Waals surface area contributed by atoms with Gasteiger partial charge in [0.25, 0.3) is 0 Å². The van der Waals surface area contributed by atoms with Crippen LogP contribution in [0.3, 0.4) is 0 Å². The Bertz CT molecular complexity index is 694. The molecule has 6 nitrogen and oxygen atoms in total. The predicted molar refractivity (Wildman–Crippen MR) is 99.3 cm³/mol. The molecule has 1 aliphatic heterocycles. The van der Waals surface area contributed by atoms with Crippen LogP contribution in [0.1, 0.15) is 50.4 Å². The van der Waals surface area contributed by atoms with E-state index in [2.05, 4.69) is 55.7 Å². The molecule has 0 fully saturated rings. The summed E-state index contributed by atoms with van der Waals surface area (Å²) >= 11 is 1.75. The van der Waals surface area contributed by atoms with Crippen LogP contribution in [0.5, 0.6) is 0 Å². The third-order valence-electron chi connectivity index (χ3n) is 4.53. The van der Waals surface area contributed by atoms with E-state index in [-0.39, 0.29) is 11.9 Å². The van der Waals surface area contributed by atoms with Gasteiger partial charge in [0.05, 0.1) is 6.04 Å². The van der Waals surface area contributed by atoms with Gasteiger partial charge in [0.15, 0.2) is 5.82 Å². The number of thiophene rings is 1. The Morgan fingerprint density at radius 2 is 2.16 bits per heavy atom. The quantitative estimate of drug-likeness (QED) is 0.859. The highest BCUT2D eigenvalue weighted by molar-refractivity contribution is 7.07. The fourth-order valence-electron chi connectivity index (χ4n) is 3.39. The molecule has 2 aromatic rings. The van der Waals surface area contributed by atoms with Crippen molar-refractivity contribution in [3.8, 4) is 0 Å². The van der Waals surface area contributed by atoms with Gasteiger partial charge in [-0.05, 0) is 34.7 Å². The maximum absolute atomic E-state index is 11.6. The third kappa shape index (κ3) is 4.67. The average Bonchev–Trinajstić information content (AvgIpc) is 3.14. The molecule has 0 radical (unpaired) electrons. The van der Waals surface area contributed by atoms with Crippen LogP contribution < -0.4 is 5.32 Å². The molecule has 136 valence electrons. The number of aromatic nitrogens is 3. The largest absolute Gasteiger partial charge is 0.346 e. The summed E-state index contributed by atoms with van der Waals surface area (Å²) in [5, 5.41) is 16.2. The molecule has 1 N–H and O–H groups in total. The van der Waals surface area contributed by atoms with Gasteiger partial charge in [-0.15, -0.1) is 10.2 Å². The van der Waals surface area contributed by atoms with Crippen LogP contribution >= 0.6 is 11.3 Å². The highest BCUT2D eigenvalue weighted by atomic mass is 32.1. The van der Waals surface area contributed by atoms with Crippen molar-refractivity contribution in [3.63, 3.8) is 0 Å². The molecule has 0 bridgehead atoms. The van der Waals surface area contributed by atoms with E-state index in [9.17, 15) is 4.79 Å². The first kappa shape index (κ1) is 18.1. The Kier molecular flexibility index (Phi) is 5.86. The van der Waals surface area contributed by atoms with Crippen molar-refractivity contribution in [2.24, 2.45) is 5.92 Å². The van der Waals surface area contributed by atoms with Crippen LogP contribution in [-0.4, -0.2) is 38.7 Å². The zero-order valence-electron chi connectivity index (χ0n) is 15.2. The monoisotopic (exact) mass is 361 g/mol. The molecular weight excluding hydrogens is 334 g/mol. The second-order valence-corrected chi connectivity index (χ2v) is 7.95. The van der Waals surface area contributed by atoms with E-state index >= 15 is 0 Å². The number of hydrogen-bond donors (Lipinski definition) is 1. The molecule has 0 aliphatic carbocycles. The maximum Gasteiger partial charge on any atom is 0.217 e. The molecule has 1 aliphatic rings. The van der Waals surface area contributed by atoms with Gasteiger partial charge in [0.2, 0.25) is 5.91 Å². The normalized spacial score (nSPS) is 16.5. The highest BCUT2D eigenvalue weighted by Gasteiger charge is 2.25. The summed E-state index contributed by atoms with van der Waals surface area (Å²) in [7, 11) is 0. The van der Waals surface area contributed by atoms with E-state index in [1.54, 1.807) is 18.3 Å². The molecule has 3 heterocycles. The number of nitrogens with zero attached hydrogens (tertiary/aromatic N) is 4. The molecule has 0 saturated carbocycles. The number of amides is 1. The van der Waals surface area contributed by atoms with E-state index in [4.69, 9.17) is 0 Å². The second-order valence-electron chi connectivity index (χ2n) is 7.17. The molecule has 1 amide bonds.